The molecule has 0 heterocycles. The van der Waals surface area contributed by atoms with Gasteiger partial charge in [0.2, 0.25) is 0 Å². The molecule has 0 bridgehead atoms. The number of hydrogen-bond donors (Lipinski definition) is 1. The third-order valence-electron chi connectivity index (χ3n) is 2.82. The van der Waals surface area contributed by atoms with Gasteiger partial charge in [-0.2, -0.15) is 0 Å². The molecule has 0 aliphatic rings. The molecule has 92 valence electrons. The molecule has 2 atom stereocenters. The molecule has 0 radical (unpaired) electrons. The molecule has 1 heteroatoms. The molecule has 0 aromatic rings. The summed E-state index contributed by atoms with van der Waals surface area (Å²) in [5, 5.41) is 9.59. The van der Waals surface area contributed by atoms with Gasteiger partial charge in [0.15, 0.2) is 0 Å². The van der Waals surface area contributed by atoms with E-state index in [1.165, 1.54) is 19.3 Å². The first-order chi connectivity index (χ1) is 6.85. The van der Waals surface area contributed by atoms with Crippen LogP contribution in [0.15, 0.2) is 0 Å². The molecule has 0 aliphatic carbocycles. The lowest BCUT2D eigenvalue weighted by atomic mass is 9.83. The summed E-state index contributed by atoms with van der Waals surface area (Å²) < 4.78 is 0. The van der Waals surface area contributed by atoms with Crippen LogP contribution in [0.5, 0.6) is 0 Å². The van der Waals surface area contributed by atoms with Gasteiger partial charge >= 0.3 is 0 Å². The van der Waals surface area contributed by atoms with Crippen LogP contribution >= 0.6 is 0 Å². The normalized spacial score (nSPS) is 16.4. The van der Waals surface area contributed by atoms with Crippen LogP contribution in [0.3, 0.4) is 0 Å². The van der Waals surface area contributed by atoms with Gasteiger partial charge in [-0.3, -0.25) is 0 Å². The number of rotatable bonds is 7. The van der Waals surface area contributed by atoms with Gasteiger partial charge in [0.1, 0.15) is 0 Å². The van der Waals surface area contributed by atoms with Crippen molar-refractivity contribution in [3.8, 4) is 0 Å². The van der Waals surface area contributed by atoms with Gasteiger partial charge in [-0.25, -0.2) is 0 Å². The molecule has 0 rings (SSSR count). The molecular formula is C14H30O. The van der Waals surface area contributed by atoms with E-state index in [1.54, 1.807) is 0 Å². The summed E-state index contributed by atoms with van der Waals surface area (Å²) in [4.78, 5) is 0. The Morgan fingerprint density at radius 3 is 2.13 bits per heavy atom. The number of aliphatic hydroxyl groups excluding tert-OH is 1. The number of hydrogen-bond acceptors (Lipinski definition) is 1. The van der Waals surface area contributed by atoms with Crippen LogP contribution in [-0.4, -0.2) is 11.2 Å². The predicted molar refractivity (Wildman–Crippen MR) is 68.0 cm³/mol. The average molecular weight is 214 g/mol. The molecule has 0 saturated carbocycles. The molecule has 0 saturated heterocycles. The van der Waals surface area contributed by atoms with Gasteiger partial charge in [0.05, 0.1) is 6.10 Å². The lowest BCUT2D eigenvalue weighted by molar-refractivity contribution is 0.147. The van der Waals surface area contributed by atoms with Crippen molar-refractivity contribution in [1.82, 2.24) is 0 Å². The molecule has 0 aliphatic heterocycles. The molecule has 15 heavy (non-hydrogen) atoms. The van der Waals surface area contributed by atoms with E-state index < -0.39 is 0 Å². The monoisotopic (exact) mass is 214 g/mol. The highest BCUT2D eigenvalue weighted by atomic mass is 16.3. The predicted octanol–water partition coefficient (Wildman–Crippen LogP) is 4.39. The maximum absolute atomic E-state index is 9.59. The zero-order valence-corrected chi connectivity index (χ0v) is 11.3. The fourth-order valence-corrected chi connectivity index (χ4v) is 2.33. The maximum Gasteiger partial charge on any atom is 0.0540 e. The first kappa shape index (κ1) is 15.0. The summed E-state index contributed by atoms with van der Waals surface area (Å²) >= 11 is 0. The second kappa shape index (κ2) is 7.27. The Kier molecular flexibility index (Phi) is 7.25. The van der Waals surface area contributed by atoms with E-state index in [0.717, 1.165) is 25.2 Å². The van der Waals surface area contributed by atoms with Gasteiger partial charge in [-0.15, -0.1) is 0 Å². The third-order valence-corrected chi connectivity index (χ3v) is 2.82. The summed E-state index contributed by atoms with van der Waals surface area (Å²) in [5.41, 5.74) is 0.446. The smallest absolute Gasteiger partial charge is 0.0540 e. The summed E-state index contributed by atoms with van der Waals surface area (Å²) in [6.07, 6.45) is 6.72. The van der Waals surface area contributed by atoms with Gasteiger partial charge in [-0.1, -0.05) is 53.9 Å². The molecule has 2 unspecified atom stereocenters. The first-order valence-corrected chi connectivity index (χ1v) is 6.53. The van der Waals surface area contributed by atoms with Crippen molar-refractivity contribution in [2.75, 3.05) is 0 Å². The van der Waals surface area contributed by atoms with E-state index in [9.17, 15) is 5.11 Å². The van der Waals surface area contributed by atoms with Crippen molar-refractivity contribution >= 4 is 0 Å². The Bertz CT molecular complexity index is 146. The largest absolute Gasteiger partial charge is 0.393 e. The Morgan fingerprint density at radius 2 is 1.67 bits per heavy atom. The first-order valence-electron chi connectivity index (χ1n) is 6.53. The minimum absolute atomic E-state index is 0.0585. The van der Waals surface area contributed by atoms with Gasteiger partial charge < -0.3 is 5.11 Å². The van der Waals surface area contributed by atoms with Crippen molar-refractivity contribution in [2.24, 2.45) is 11.3 Å². The average Bonchev–Trinajstić information content (AvgIpc) is 2.00. The standard InChI is InChI=1S/C14H30O/c1-6-8-13(15)10-7-9-12(2)11-14(3,4)5/h12-13,15H,6-11H2,1-5H3. The second-order valence-electron chi connectivity index (χ2n) is 6.24. The van der Waals surface area contributed by atoms with Crippen LogP contribution in [0.25, 0.3) is 0 Å². The van der Waals surface area contributed by atoms with Gasteiger partial charge in [0, 0.05) is 0 Å². The maximum atomic E-state index is 9.59. The zero-order chi connectivity index (χ0) is 11.9. The summed E-state index contributed by atoms with van der Waals surface area (Å²) in [5.74, 6) is 0.791. The van der Waals surface area contributed by atoms with Crippen LogP contribution in [-0.2, 0) is 0 Å². The van der Waals surface area contributed by atoms with Crippen molar-refractivity contribution in [2.45, 2.75) is 79.2 Å². The van der Waals surface area contributed by atoms with Crippen molar-refractivity contribution in [3.05, 3.63) is 0 Å². The van der Waals surface area contributed by atoms with Crippen LogP contribution < -0.4 is 0 Å². The van der Waals surface area contributed by atoms with Gasteiger partial charge in [0.25, 0.3) is 0 Å². The van der Waals surface area contributed by atoms with Crippen LogP contribution in [0.4, 0.5) is 0 Å². The van der Waals surface area contributed by atoms with Gasteiger partial charge in [-0.05, 0) is 30.6 Å². The Labute approximate surface area is 96.3 Å². The van der Waals surface area contributed by atoms with Crippen molar-refractivity contribution in [3.63, 3.8) is 0 Å². The van der Waals surface area contributed by atoms with Crippen LogP contribution in [0.2, 0.25) is 0 Å². The van der Waals surface area contributed by atoms with E-state index >= 15 is 0 Å². The molecule has 1 nitrogen and oxygen atoms in total. The Balaban J connectivity index is 3.50. The topological polar surface area (TPSA) is 20.2 Å². The summed E-state index contributed by atoms with van der Waals surface area (Å²) in [6, 6.07) is 0. The van der Waals surface area contributed by atoms with E-state index in [4.69, 9.17) is 0 Å². The second-order valence-corrected chi connectivity index (χ2v) is 6.24. The van der Waals surface area contributed by atoms with E-state index in [2.05, 4.69) is 34.6 Å². The molecule has 0 spiro atoms. The highest BCUT2D eigenvalue weighted by Gasteiger charge is 2.15. The quantitative estimate of drug-likeness (QED) is 0.666. The Morgan fingerprint density at radius 1 is 1.07 bits per heavy atom. The minimum Gasteiger partial charge on any atom is -0.393 e. The molecular weight excluding hydrogens is 184 g/mol. The zero-order valence-electron chi connectivity index (χ0n) is 11.3. The molecule has 0 amide bonds. The van der Waals surface area contributed by atoms with Crippen LogP contribution in [0.1, 0.15) is 73.1 Å². The van der Waals surface area contributed by atoms with E-state index in [0.29, 0.717) is 5.41 Å². The SMILES string of the molecule is CCCC(O)CCCC(C)CC(C)(C)C. The van der Waals surface area contributed by atoms with E-state index in [1.807, 2.05) is 0 Å². The summed E-state index contributed by atoms with van der Waals surface area (Å²) in [7, 11) is 0. The molecule has 0 aromatic carbocycles. The summed E-state index contributed by atoms with van der Waals surface area (Å²) in [6.45, 7) is 11.4. The lowest BCUT2D eigenvalue weighted by Gasteiger charge is -2.23. The fourth-order valence-electron chi connectivity index (χ4n) is 2.33. The van der Waals surface area contributed by atoms with E-state index in [-0.39, 0.29) is 6.10 Å². The van der Waals surface area contributed by atoms with Crippen molar-refractivity contribution in [1.29, 1.82) is 0 Å². The molecule has 0 aromatic heterocycles. The molecule has 1 N–H and O–H groups in total. The minimum atomic E-state index is -0.0585. The lowest BCUT2D eigenvalue weighted by Crippen LogP contribution is -2.12. The van der Waals surface area contributed by atoms with Crippen LogP contribution in [0, 0.1) is 11.3 Å². The third kappa shape index (κ3) is 10.2. The van der Waals surface area contributed by atoms with Crippen molar-refractivity contribution < 1.29 is 5.11 Å². The Hall–Kier alpha value is -0.0400. The fraction of sp³-hybridized carbons (Fsp3) is 1.00. The number of aliphatic hydroxyl groups is 1. The molecule has 0 fully saturated rings. The highest BCUT2D eigenvalue weighted by molar-refractivity contribution is 4.67. The highest BCUT2D eigenvalue weighted by Crippen LogP contribution is 2.27.